The Morgan fingerprint density at radius 2 is 1.43 bits per heavy atom. The summed E-state index contributed by atoms with van der Waals surface area (Å²) < 4.78 is 1.92. The highest BCUT2D eigenvalue weighted by atomic mass is 32.1. The maximum absolute atomic E-state index is 3.96. The van der Waals surface area contributed by atoms with Crippen LogP contribution in [-0.4, -0.2) is 4.31 Å². The molecule has 0 bridgehead atoms. The summed E-state index contributed by atoms with van der Waals surface area (Å²) in [6.07, 6.45) is 0. The SMILES string of the molecule is C=C(C)C.S=C=S. The lowest BCUT2D eigenvalue weighted by Gasteiger charge is -1.65. The predicted molar refractivity (Wildman–Crippen MR) is 40.7 cm³/mol. The first-order valence-corrected chi connectivity index (χ1v) is 2.58. The van der Waals surface area contributed by atoms with E-state index >= 15 is 0 Å². The maximum atomic E-state index is 3.96. The molecule has 0 heterocycles. The van der Waals surface area contributed by atoms with Crippen molar-refractivity contribution >= 4 is 28.7 Å². The molecule has 0 atom stereocenters. The van der Waals surface area contributed by atoms with E-state index in [9.17, 15) is 0 Å². The first kappa shape index (κ1) is 10.0. The van der Waals surface area contributed by atoms with E-state index in [1.165, 1.54) is 5.57 Å². The Bertz CT molecular complexity index is 74.1. The van der Waals surface area contributed by atoms with E-state index in [2.05, 4.69) is 31.0 Å². The van der Waals surface area contributed by atoms with Gasteiger partial charge >= 0.3 is 0 Å². The van der Waals surface area contributed by atoms with Crippen molar-refractivity contribution in [3.05, 3.63) is 12.2 Å². The number of rotatable bonds is 0. The van der Waals surface area contributed by atoms with Crippen LogP contribution < -0.4 is 0 Å². The second kappa shape index (κ2) is 9.35. The van der Waals surface area contributed by atoms with Crippen LogP contribution in [0.2, 0.25) is 0 Å². The molecule has 2 heteroatoms. The average Bonchev–Trinajstić information content (AvgIpc) is 1.33. The van der Waals surface area contributed by atoms with Crippen LogP contribution in [0.3, 0.4) is 0 Å². The van der Waals surface area contributed by atoms with Crippen molar-refractivity contribution in [2.45, 2.75) is 13.8 Å². The second-order valence-electron chi connectivity index (χ2n) is 1.29. The number of allylic oxidation sites excluding steroid dienone is 1. The standard InChI is InChI=1S/C4H8.CS2/c1-4(2)3;2-1-3/h1H2,2-3H3;. The summed E-state index contributed by atoms with van der Waals surface area (Å²) in [6.45, 7) is 7.50. The molecule has 0 saturated carbocycles. The van der Waals surface area contributed by atoms with E-state index in [4.69, 9.17) is 0 Å². The fraction of sp³-hybridized carbons (Fsp3) is 0.400. The molecule has 0 aliphatic rings. The van der Waals surface area contributed by atoms with Crippen LogP contribution in [0.4, 0.5) is 0 Å². The van der Waals surface area contributed by atoms with Crippen molar-refractivity contribution < 1.29 is 0 Å². The van der Waals surface area contributed by atoms with Gasteiger partial charge in [-0.1, -0.05) is 5.57 Å². The molecule has 0 nitrogen and oxygen atoms in total. The molecule has 0 aliphatic heterocycles. The first-order valence-electron chi connectivity index (χ1n) is 1.76. The van der Waals surface area contributed by atoms with Gasteiger partial charge in [-0.2, -0.15) is 0 Å². The maximum Gasteiger partial charge on any atom is 0.0297 e. The highest BCUT2D eigenvalue weighted by Gasteiger charge is 1.51. The van der Waals surface area contributed by atoms with Gasteiger partial charge in [0.05, 0.1) is 0 Å². The summed E-state index contributed by atoms with van der Waals surface area (Å²) in [7, 11) is 0. The largest absolute Gasteiger partial charge is 0.100 e. The molecule has 0 aromatic heterocycles. The molecule has 0 amide bonds. The van der Waals surface area contributed by atoms with E-state index in [0.717, 1.165) is 0 Å². The molecule has 0 aromatic carbocycles. The zero-order valence-corrected chi connectivity index (χ0v) is 6.16. The summed E-state index contributed by atoms with van der Waals surface area (Å²) in [5, 5.41) is 0. The quantitative estimate of drug-likeness (QED) is 0.367. The van der Waals surface area contributed by atoms with Gasteiger partial charge in [-0.25, -0.2) is 0 Å². The minimum Gasteiger partial charge on any atom is -0.100 e. The predicted octanol–water partition coefficient (Wildman–Crippen LogP) is 2.60. The van der Waals surface area contributed by atoms with Crippen molar-refractivity contribution in [3.8, 4) is 0 Å². The molecule has 0 rings (SSSR count). The lowest BCUT2D eigenvalue weighted by Crippen LogP contribution is -1.43. The Balaban J connectivity index is 0. The molecule has 0 N–H and O–H groups in total. The van der Waals surface area contributed by atoms with Crippen molar-refractivity contribution in [2.24, 2.45) is 0 Å². The van der Waals surface area contributed by atoms with Crippen LogP contribution in [0.1, 0.15) is 13.8 Å². The molecule has 7 heavy (non-hydrogen) atoms. The number of thiocarbonyl (C=S) groups is 2. The summed E-state index contributed by atoms with van der Waals surface area (Å²) in [5.74, 6) is 0. The smallest absolute Gasteiger partial charge is 0.0297 e. The van der Waals surface area contributed by atoms with Crippen molar-refractivity contribution in [1.82, 2.24) is 0 Å². The molecule has 0 fully saturated rings. The Labute approximate surface area is 55.2 Å². The van der Waals surface area contributed by atoms with Crippen LogP contribution in [0.15, 0.2) is 12.2 Å². The zero-order valence-electron chi connectivity index (χ0n) is 4.52. The van der Waals surface area contributed by atoms with Crippen LogP contribution in [-0.2, 0) is 0 Å². The Morgan fingerprint density at radius 1 is 1.43 bits per heavy atom. The van der Waals surface area contributed by atoms with Gasteiger partial charge in [0.2, 0.25) is 0 Å². The average molecular weight is 132 g/mol. The van der Waals surface area contributed by atoms with Crippen molar-refractivity contribution in [3.63, 3.8) is 0 Å². The minimum atomic E-state index is 1.17. The van der Waals surface area contributed by atoms with Gasteiger partial charge in [0.25, 0.3) is 0 Å². The molecule has 0 unspecified atom stereocenters. The summed E-state index contributed by atoms with van der Waals surface area (Å²) >= 11 is 7.92. The van der Waals surface area contributed by atoms with Gasteiger partial charge in [-0.05, 0) is 38.3 Å². The van der Waals surface area contributed by atoms with E-state index in [0.29, 0.717) is 0 Å². The molecule has 0 saturated heterocycles. The molecule has 40 valence electrons. The van der Waals surface area contributed by atoms with Gasteiger partial charge in [0.1, 0.15) is 0 Å². The van der Waals surface area contributed by atoms with Gasteiger partial charge in [0.15, 0.2) is 0 Å². The summed E-state index contributed by atoms with van der Waals surface area (Å²) in [4.78, 5) is 0. The molecular weight excluding hydrogens is 124 g/mol. The van der Waals surface area contributed by atoms with Gasteiger partial charge < -0.3 is 0 Å². The summed E-state index contributed by atoms with van der Waals surface area (Å²) in [6, 6.07) is 0. The van der Waals surface area contributed by atoms with Gasteiger partial charge in [-0.3, -0.25) is 0 Å². The highest BCUT2D eigenvalue weighted by molar-refractivity contribution is 7.93. The van der Waals surface area contributed by atoms with Gasteiger partial charge in [0, 0.05) is 4.31 Å². The third-order valence-corrected chi connectivity index (χ3v) is 0. The van der Waals surface area contributed by atoms with Crippen molar-refractivity contribution in [1.29, 1.82) is 0 Å². The van der Waals surface area contributed by atoms with Gasteiger partial charge in [-0.15, -0.1) is 6.58 Å². The minimum absolute atomic E-state index is 1.17. The molecule has 0 aliphatic carbocycles. The molecule has 0 radical (unpaired) electrons. The Kier molecular flexibility index (Phi) is 13.4. The van der Waals surface area contributed by atoms with E-state index in [1.807, 2.05) is 18.2 Å². The zero-order chi connectivity index (χ0) is 6.28. The third kappa shape index (κ3) is 58400. The van der Waals surface area contributed by atoms with Crippen LogP contribution >= 0.6 is 24.4 Å². The molecular formula is C5H8S2. The van der Waals surface area contributed by atoms with Crippen LogP contribution in [0.5, 0.6) is 0 Å². The van der Waals surface area contributed by atoms with Crippen LogP contribution in [0, 0.1) is 0 Å². The van der Waals surface area contributed by atoms with E-state index in [1.54, 1.807) is 0 Å². The monoisotopic (exact) mass is 132 g/mol. The normalized spacial score (nSPS) is 4.86. The number of hydrogen-bond acceptors (Lipinski definition) is 2. The van der Waals surface area contributed by atoms with E-state index in [-0.39, 0.29) is 0 Å². The second-order valence-corrected chi connectivity index (χ2v) is 1.96. The topological polar surface area (TPSA) is 0 Å². The summed E-state index contributed by atoms with van der Waals surface area (Å²) in [5.41, 5.74) is 1.17. The lowest BCUT2D eigenvalue weighted by atomic mass is 10.4. The number of hydrogen-bond donors (Lipinski definition) is 0. The highest BCUT2D eigenvalue weighted by Crippen LogP contribution is 1.73. The Hall–Kier alpha value is -0.0400. The van der Waals surface area contributed by atoms with E-state index < -0.39 is 0 Å². The Morgan fingerprint density at radius 3 is 1.43 bits per heavy atom. The lowest BCUT2D eigenvalue weighted by molar-refractivity contribution is 1.42. The van der Waals surface area contributed by atoms with Crippen LogP contribution in [0.25, 0.3) is 0 Å². The third-order valence-electron chi connectivity index (χ3n) is 0. The van der Waals surface area contributed by atoms with Crippen molar-refractivity contribution in [2.75, 3.05) is 0 Å². The molecule has 0 spiro atoms. The fourth-order valence-electron chi connectivity index (χ4n) is 0. The fourth-order valence-corrected chi connectivity index (χ4v) is 0. The first-order chi connectivity index (χ1) is 3.15. The molecule has 0 aromatic rings.